The Morgan fingerprint density at radius 2 is 1.69 bits per heavy atom. The van der Waals surface area contributed by atoms with Gasteiger partial charge in [-0.15, -0.1) is 0 Å². The summed E-state index contributed by atoms with van der Waals surface area (Å²) in [6.07, 6.45) is -12.4. The molecule has 0 aliphatic heterocycles. The van der Waals surface area contributed by atoms with Gasteiger partial charge < -0.3 is 4.74 Å². The van der Waals surface area contributed by atoms with E-state index in [-0.39, 0.29) is 0 Å². The third kappa shape index (κ3) is 6.30. The molecule has 0 aromatic carbocycles. The zero-order valence-corrected chi connectivity index (χ0v) is 6.62. The van der Waals surface area contributed by atoms with Crippen molar-refractivity contribution in [3.63, 3.8) is 0 Å². The van der Waals surface area contributed by atoms with E-state index in [1.165, 1.54) is 6.92 Å². The molecule has 0 amide bonds. The van der Waals surface area contributed by atoms with Crippen molar-refractivity contribution in [2.45, 2.75) is 32.1 Å². The average molecular weight is 206 g/mol. The third-order valence-corrected chi connectivity index (χ3v) is 0.958. The molecule has 0 aliphatic rings. The summed E-state index contributed by atoms with van der Waals surface area (Å²) in [6.45, 7) is 1.20. The molecule has 0 aromatic heterocycles. The highest BCUT2D eigenvalue weighted by Crippen LogP contribution is 2.32. The summed E-state index contributed by atoms with van der Waals surface area (Å²) in [5, 5.41) is 0. The SMILES string of the molecule is CCC(=O)OC(F)(F)CC(F)(F)F. The fourth-order valence-electron chi connectivity index (χ4n) is 0.508. The van der Waals surface area contributed by atoms with Gasteiger partial charge in [-0.05, 0) is 0 Å². The van der Waals surface area contributed by atoms with Gasteiger partial charge in [-0.25, -0.2) is 0 Å². The molecule has 78 valence electrons. The Bertz CT molecular complexity index is 186. The fraction of sp³-hybridized carbons (Fsp3) is 0.833. The molecule has 0 aromatic rings. The first-order chi connectivity index (χ1) is 5.66. The topological polar surface area (TPSA) is 26.3 Å². The van der Waals surface area contributed by atoms with Gasteiger partial charge >= 0.3 is 18.3 Å². The molecule has 0 spiro atoms. The van der Waals surface area contributed by atoms with Crippen LogP contribution in [0.25, 0.3) is 0 Å². The number of halogens is 5. The molecular weight excluding hydrogens is 199 g/mol. The van der Waals surface area contributed by atoms with Gasteiger partial charge in [-0.2, -0.15) is 22.0 Å². The van der Waals surface area contributed by atoms with E-state index in [0.29, 0.717) is 0 Å². The van der Waals surface area contributed by atoms with E-state index in [1.54, 1.807) is 0 Å². The van der Waals surface area contributed by atoms with Crippen LogP contribution >= 0.6 is 0 Å². The van der Waals surface area contributed by atoms with Gasteiger partial charge in [0.15, 0.2) is 0 Å². The lowest BCUT2D eigenvalue weighted by molar-refractivity contribution is -0.279. The molecule has 0 N–H and O–H groups in total. The van der Waals surface area contributed by atoms with Crippen LogP contribution in [-0.2, 0) is 9.53 Å². The van der Waals surface area contributed by atoms with E-state index < -0.39 is 31.1 Å². The summed E-state index contributed by atoms with van der Waals surface area (Å²) in [5.74, 6) is -1.37. The van der Waals surface area contributed by atoms with Crippen LogP contribution in [0.4, 0.5) is 22.0 Å². The summed E-state index contributed by atoms with van der Waals surface area (Å²) < 4.78 is 62.0. The number of hydrogen-bond donors (Lipinski definition) is 0. The number of hydrogen-bond acceptors (Lipinski definition) is 2. The maximum absolute atomic E-state index is 12.2. The zero-order valence-electron chi connectivity index (χ0n) is 6.62. The maximum Gasteiger partial charge on any atom is 0.408 e. The highest BCUT2D eigenvalue weighted by molar-refractivity contribution is 5.69. The van der Waals surface area contributed by atoms with Gasteiger partial charge in [0.05, 0.1) is 0 Å². The largest absolute Gasteiger partial charge is 0.408 e. The zero-order chi connectivity index (χ0) is 10.7. The molecule has 0 aliphatic carbocycles. The predicted octanol–water partition coefficient (Wildman–Crippen LogP) is 2.48. The molecule has 0 rings (SSSR count). The van der Waals surface area contributed by atoms with Crippen LogP contribution in [-0.4, -0.2) is 18.3 Å². The van der Waals surface area contributed by atoms with Crippen molar-refractivity contribution >= 4 is 5.97 Å². The number of carbonyl (C=O) groups excluding carboxylic acids is 1. The van der Waals surface area contributed by atoms with E-state index in [9.17, 15) is 26.7 Å². The van der Waals surface area contributed by atoms with Crippen molar-refractivity contribution in [1.82, 2.24) is 0 Å². The second kappa shape index (κ2) is 3.89. The molecule has 7 heteroatoms. The summed E-state index contributed by atoms with van der Waals surface area (Å²) >= 11 is 0. The average Bonchev–Trinajstić information content (AvgIpc) is 1.80. The highest BCUT2D eigenvalue weighted by atomic mass is 19.4. The van der Waals surface area contributed by atoms with Crippen molar-refractivity contribution in [3.05, 3.63) is 0 Å². The Morgan fingerprint density at radius 1 is 1.23 bits per heavy atom. The molecular formula is C6H7F5O2. The fourth-order valence-corrected chi connectivity index (χ4v) is 0.508. The minimum absolute atomic E-state index is 0.395. The maximum atomic E-state index is 12.2. The van der Waals surface area contributed by atoms with E-state index in [0.717, 1.165) is 0 Å². The van der Waals surface area contributed by atoms with Gasteiger partial charge in [-0.3, -0.25) is 4.79 Å². The molecule has 0 saturated heterocycles. The van der Waals surface area contributed by atoms with Crippen molar-refractivity contribution in [2.24, 2.45) is 0 Å². The minimum atomic E-state index is -5.06. The first-order valence-corrected chi connectivity index (χ1v) is 3.33. The summed E-state index contributed by atoms with van der Waals surface area (Å²) in [4.78, 5) is 10.2. The van der Waals surface area contributed by atoms with Crippen LogP contribution in [0.1, 0.15) is 19.8 Å². The lowest BCUT2D eigenvalue weighted by Gasteiger charge is -2.17. The lowest BCUT2D eigenvalue weighted by Crippen LogP contribution is -2.30. The van der Waals surface area contributed by atoms with Gasteiger partial charge in [0.25, 0.3) is 0 Å². The van der Waals surface area contributed by atoms with Crippen molar-refractivity contribution in [3.8, 4) is 0 Å². The first-order valence-electron chi connectivity index (χ1n) is 3.33. The Kier molecular flexibility index (Phi) is 3.62. The van der Waals surface area contributed by atoms with Crippen LogP contribution in [0, 0.1) is 0 Å². The Morgan fingerprint density at radius 3 is 2.00 bits per heavy atom. The number of rotatable bonds is 3. The van der Waals surface area contributed by atoms with Crippen LogP contribution in [0.15, 0.2) is 0 Å². The van der Waals surface area contributed by atoms with Crippen molar-refractivity contribution in [1.29, 1.82) is 0 Å². The van der Waals surface area contributed by atoms with E-state index >= 15 is 0 Å². The Balaban J connectivity index is 4.16. The molecule has 0 saturated carbocycles. The van der Waals surface area contributed by atoms with E-state index in [2.05, 4.69) is 4.74 Å². The molecule has 0 heterocycles. The summed E-state index contributed by atoms with van der Waals surface area (Å²) in [6, 6.07) is 0. The second-order valence-corrected chi connectivity index (χ2v) is 2.26. The standard InChI is InChI=1S/C6H7F5O2/c1-2-4(12)13-6(10,11)3-5(7,8)9/h2-3H2,1H3. The van der Waals surface area contributed by atoms with Crippen LogP contribution in [0.3, 0.4) is 0 Å². The molecule has 0 atom stereocenters. The number of alkyl halides is 5. The molecule has 0 bridgehead atoms. The molecule has 0 unspecified atom stereocenters. The number of ether oxygens (including phenoxy) is 1. The monoisotopic (exact) mass is 206 g/mol. The molecule has 13 heavy (non-hydrogen) atoms. The quantitative estimate of drug-likeness (QED) is 0.523. The van der Waals surface area contributed by atoms with Gasteiger partial charge in [-0.1, -0.05) is 6.92 Å². The van der Waals surface area contributed by atoms with E-state index in [4.69, 9.17) is 0 Å². The van der Waals surface area contributed by atoms with Gasteiger partial charge in [0.1, 0.15) is 6.42 Å². The van der Waals surface area contributed by atoms with Gasteiger partial charge in [0.2, 0.25) is 0 Å². The second-order valence-electron chi connectivity index (χ2n) is 2.26. The Hall–Kier alpha value is -0.880. The number of esters is 1. The molecule has 2 nitrogen and oxygen atoms in total. The van der Waals surface area contributed by atoms with Crippen LogP contribution in [0.2, 0.25) is 0 Å². The predicted molar refractivity (Wildman–Crippen MR) is 32.0 cm³/mol. The van der Waals surface area contributed by atoms with Crippen LogP contribution < -0.4 is 0 Å². The number of carbonyl (C=O) groups is 1. The van der Waals surface area contributed by atoms with Crippen LogP contribution in [0.5, 0.6) is 0 Å². The normalized spacial score (nSPS) is 12.8. The summed E-state index contributed by atoms with van der Waals surface area (Å²) in [7, 11) is 0. The first kappa shape index (κ1) is 12.1. The van der Waals surface area contributed by atoms with Gasteiger partial charge in [0, 0.05) is 6.42 Å². The molecule has 0 fully saturated rings. The minimum Gasteiger partial charge on any atom is -0.401 e. The van der Waals surface area contributed by atoms with Crippen molar-refractivity contribution in [2.75, 3.05) is 0 Å². The summed E-state index contributed by atoms with van der Waals surface area (Å²) in [5.41, 5.74) is 0. The molecule has 0 radical (unpaired) electrons. The van der Waals surface area contributed by atoms with Crippen molar-refractivity contribution < 1.29 is 31.5 Å². The Labute approximate surface area is 70.7 Å². The highest BCUT2D eigenvalue weighted by Gasteiger charge is 2.46. The van der Waals surface area contributed by atoms with E-state index in [1.807, 2.05) is 0 Å². The lowest BCUT2D eigenvalue weighted by atomic mass is 10.4. The third-order valence-electron chi connectivity index (χ3n) is 0.958. The smallest absolute Gasteiger partial charge is 0.401 e.